The zero-order valence-electron chi connectivity index (χ0n) is 30.0. The van der Waals surface area contributed by atoms with Gasteiger partial charge < -0.3 is 4.57 Å². The first kappa shape index (κ1) is 31.1. The predicted molar refractivity (Wildman–Crippen MR) is 237 cm³/mol. The first-order chi connectivity index (χ1) is 27.7. The number of nitriles is 1. The van der Waals surface area contributed by atoms with Gasteiger partial charge in [0.1, 0.15) is 0 Å². The molecule has 0 bridgehead atoms. The Balaban J connectivity index is 1.18. The van der Waals surface area contributed by atoms with Crippen molar-refractivity contribution in [3.05, 3.63) is 181 Å². The molecule has 0 fully saturated rings. The number of hydrogen-bond donors (Lipinski definition) is 0. The molecule has 9 aromatic carbocycles. The van der Waals surface area contributed by atoms with Crippen molar-refractivity contribution in [2.75, 3.05) is 0 Å². The minimum absolute atomic E-state index is 0.646. The molecule has 0 amide bonds. The smallest absolute Gasteiger partial charge is 0.0992 e. The maximum Gasteiger partial charge on any atom is 0.0992 e. The average Bonchev–Trinajstić information content (AvgIpc) is 3.80. The number of rotatable bonds is 3. The van der Waals surface area contributed by atoms with E-state index in [0.29, 0.717) is 5.56 Å². The van der Waals surface area contributed by atoms with Gasteiger partial charge >= 0.3 is 0 Å². The van der Waals surface area contributed by atoms with Gasteiger partial charge in [-0.1, -0.05) is 127 Å². The van der Waals surface area contributed by atoms with Crippen LogP contribution >= 0.6 is 11.3 Å². The van der Waals surface area contributed by atoms with Crippen LogP contribution in [-0.2, 0) is 0 Å². The summed E-state index contributed by atoms with van der Waals surface area (Å²) in [6.45, 7) is 0. The molecule has 0 saturated carbocycles. The quantitative estimate of drug-likeness (QED) is 0.134. The first-order valence-electron chi connectivity index (χ1n) is 18.9. The summed E-state index contributed by atoms with van der Waals surface area (Å²) in [6.07, 6.45) is 0. The number of pyridine rings is 1. The highest BCUT2D eigenvalue weighted by Crippen LogP contribution is 2.48. The SMILES string of the molecule is N#Cc1ccc2c3cc(-c4c5ccccc5c(-c5nc6ccccc6c6c5ccc5c7ccccc7sc56)c5ccccc45)ccc3n(-c3ccccc3)c2c1. The zero-order chi connectivity index (χ0) is 36.9. The molecular weight excluding hydrogens is 699 g/mol. The molecule has 3 aromatic heterocycles. The fraction of sp³-hybridized carbons (Fsp3) is 0. The monoisotopic (exact) mass is 727 g/mol. The van der Waals surface area contributed by atoms with E-state index in [1.165, 1.54) is 58.1 Å². The van der Waals surface area contributed by atoms with Crippen molar-refractivity contribution in [3.63, 3.8) is 0 Å². The van der Waals surface area contributed by atoms with E-state index in [4.69, 9.17) is 4.98 Å². The van der Waals surface area contributed by atoms with E-state index in [-0.39, 0.29) is 0 Å². The number of nitrogens with zero attached hydrogens (tertiary/aromatic N) is 3. The molecule has 3 heterocycles. The third-order valence-corrected chi connectivity index (χ3v) is 12.8. The third kappa shape index (κ3) is 4.35. The normalized spacial score (nSPS) is 11.9. The summed E-state index contributed by atoms with van der Waals surface area (Å²) >= 11 is 1.88. The van der Waals surface area contributed by atoms with Crippen molar-refractivity contribution in [3.8, 4) is 34.1 Å². The Hall–Kier alpha value is -7.32. The number of fused-ring (bicyclic) bond motifs is 12. The minimum Gasteiger partial charge on any atom is -0.309 e. The Kier molecular flexibility index (Phi) is 6.57. The molecule has 0 radical (unpaired) electrons. The molecule has 12 aromatic rings. The van der Waals surface area contributed by atoms with Gasteiger partial charge in [0.15, 0.2) is 0 Å². The van der Waals surface area contributed by atoms with Crippen LogP contribution in [0.3, 0.4) is 0 Å². The largest absolute Gasteiger partial charge is 0.309 e. The summed E-state index contributed by atoms with van der Waals surface area (Å²) in [5, 5.41) is 23.0. The van der Waals surface area contributed by atoms with E-state index >= 15 is 0 Å². The maximum absolute atomic E-state index is 9.86. The van der Waals surface area contributed by atoms with Crippen LogP contribution in [0.1, 0.15) is 5.56 Å². The molecule has 0 aliphatic heterocycles. The molecule has 0 aliphatic carbocycles. The lowest BCUT2D eigenvalue weighted by Crippen LogP contribution is -1.95. The van der Waals surface area contributed by atoms with E-state index in [0.717, 1.165) is 55.2 Å². The van der Waals surface area contributed by atoms with Crippen LogP contribution in [0.25, 0.3) is 113 Å². The van der Waals surface area contributed by atoms with Gasteiger partial charge in [0.25, 0.3) is 0 Å². The Morgan fingerprint density at radius 3 is 1.84 bits per heavy atom. The summed E-state index contributed by atoms with van der Waals surface area (Å²) in [7, 11) is 0. The van der Waals surface area contributed by atoms with Gasteiger partial charge in [-0.15, -0.1) is 11.3 Å². The van der Waals surface area contributed by atoms with Gasteiger partial charge in [-0.3, -0.25) is 0 Å². The van der Waals surface area contributed by atoms with Crippen LogP contribution in [0.2, 0.25) is 0 Å². The molecule has 0 saturated heterocycles. The van der Waals surface area contributed by atoms with Gasteiger partial charge in [0, 0.05) is 58.4 Å². The summed E-state index contributed by atoms with van der Waals surface area (Å²) < 4.78 is 4.88. The molecule has 12 rings (SSSR count). The number of benzene rings is 9. The Morgan fingerprint density at radius 1 is 0.464 bits per heavy atom. The topological polar surface area (TPSA) is 41.6 Å². The van der Waals surface area contributed by atoms with E-state index in [9.17, 15) is 5.26 Å². The Bertz CT molecular complexity index is 3600. The highest BCUT2D eigenvalue weighted by atomic mass is 32.1. The first-order valence-corrected chi connectivity index (χ1v) is 19.7. The molecule has 0 spiro atoms. The molecule has 4 heteroatoms. The van der Waals surface area contributed by atoms with Gasteiger partial charge in [0.2, 0.25) is 0 Å². The van der Waals surface area contributed by atoms with Crippen molar-refractivity contribution in [2.24, 2.45) is 0 Å². The highest BCUT2D eigenvalue weighted by Gasteiger charge is 2.23. The fourth-order valence-electron chi connectivity index (χ4n) is 9.20. The van der Waals surface area contributed by atoms with Crippen molar-refractivity contribution in [2.45, 2.75) is 0 Å². The van der Waals surface area contributed by atoms with Crippen molar-refractivity contribution >= 4 is 96.5 Å². The van der Waals surface area contributed by atoms with E-state index in [1.807, 2.05) is 29.5 Å². The Labute approximate surface area is 325 Å². The second-order valence-corrected chi connectivity index (χ2v) is 15.6. The van der Waals surface area contributed by atoms with Gasteiger partial charge in [-0.2, -0.15) is 5.26 Å². The number of para-hydroxylation sites is 2. The lowest BCUT2D eigenvalue weighted by molar-refractivity contribution is 1.18. The lowest BCUT2D eigenvalue weighted by Gasteiger charge is -2.19. The van der Waals surface area contributed by atoms with Gasteiger partial charge in [-0.05, 0) is 81.2 Å². The molecule has 0 unspecified atom stereocenters. The standard InChI is InChI=1S/C52H29N3S/c53-30-31-22-24-34-43-29-32(23-27-45(43)55(46(34)28-31)33-12-2-1-3-13-33)48-36-15-4-6-17-38(36)49(39-18-7-5-16-37(39)48)51-42-26-25-40-35-14-9-11-21-47(35)56-52(40)50(42)41-19-8-10-20-44(41)54-51/h1-29H. The van der Waals surface area contributed by atoms with Crippen molar-refractivity contribution in [1.82, 2.24) is 9.55 Å². The molecule has 0 aliphatic rings. The second kappa shape index (κ2) is 11.8. The van der Waals surface area contributed by atoms with Gasteiger partial charge in [-0.25, -0.2) is 4.98 Å². The number of hydrogen-bond acceptors (Lipinski definition) is 3. The van der Waals surface area contributed by atoms with E-state index < -0.39 is 0 Å². The van der Waals surface area contributed by atoms with Crippen LogP contribution in [-0.4, -0.2) is 9.55 Å². The molecule has 56 heavy (non-hydrogen) atoms. The predicted octanol–water partition coefficient (Wildman–Crippen LogP) is 14.4. The van der Waals surface area contributed by atoms with Crippen LogP contribution in [0.15, 0.2) is 176 Å². The molecular formula is C52H29N3S. The Morgan fingerprint density at radius 2 is 1.09 bits per heavy atom. The number of thiophene rings is 1. The summed E-state index contributed by atoms with van der Waals surface area (Å²) in [4.78, 5) is 5.54. The molecule has 258 valence electrons. The maximum atomic E-state index is 9.86. The fourth-order valence-corrected chi connectivity index (χ4v) is 10.5. The zero-order valence-corrected chi connectivity index (χ0v) is 30.8. The minimum atomic E-state index is 0.646. The number of aromatic nitrogens is 2. The van der Waals surface area contributed by atoms with E-state index in [1.54, 1.807) is 0 Å². The highest BCUT2D eigenvalue weighted by molar-refractivity contribution is 7.26. The average molecular weight is 728 g/mol. The van der Waals surface area contributed by atoms with Gasteiger partial charge in [0.05, 0.1) is 33.9 Å². The van der Waals surface area contributed by atoms with E-state index in [2.05, 4.69) is 168 Å². The van der Waals surface area contributed by atoms with Crippen molar-refractivity contribution < 1.29 is 0 Å². The molecule has 0 atom stereocenters. The lowest BCUT2D eigenvalue weighted by atomic mass is 9.85. The summed E-state index contributed by atoms with van der Waals surface area (Å²) in [5.41, 5.74) is 9.35. The van der Waals surface area contributed by atoms with Crippen molar-refractivity contribution in [1.29, 1.82) is 5.26 Å². The van der Waals surface area contributed by atoms with Crippen LogP contribution in [0, 0.1) is 11.3 Å². The molecule has 3 nitrogen and oxygen atoms in total. The summed E-state index contributed by atoms with van der Waals surface area (Å²) in [6, 6.07) is 65.3. The third-order valence-electron chi connectivity index (χ3n) is 11.6. The summed E-state index contributed by atoms with van der Waals surface area (Å²) in [5.74, 6) is 0. The van der Waals surface area contributed by atoms with Crippen LogP contribution in [0.5, 0.6) is 0 Å². The van der Waals surface area contributed by atoms with Crippen LogP contribution in [0.4, 0.5) is 0 Å². The second-order valence-electron chi connectivity index (χ2n) is 14.5. The van der Waals surface area contributed by atoms with Crippen LogP contribution < -0.4 is 0 Å². The molecule has 0 N–H and O–H groups in total.